The van der Waals surface area contributed by atoms with Crippen molar-refractivity contribution in [2.45, 2.75) is 31.1 Å². The van der Waals surface area contributed by atoms with Gasteiger partial charge in [0.1, 0.15) is 4.21 Å². The van der Waals surface area contributed by atoms with E-state index >= 15 is 0 Å². The van der Waals surface area contributed by atoms with Crippen LogP contribution in [0, 0.1) is 6.92 Å². The second-order valence-electron chi connectivity index (χ2n) is 4.86. The summed E-state index contributed by atoms with van der Waals surface area (Å²) in [6.45, 7) is 5.89. The molecule has 0 saturated carbocycles. The summed E-state index contributed by atoms with van der Waals surface area (Å²) in [6.07, 6.45) is 0. The van der Waals surface area contributed by atoms with Gasteiger partial charge in [-0.1, -0.05) is 36.8 Å². The highest BCUT2D eigenvalue weighted by Gasteiger charge is 2.16. The van der Waals surface area contributed by atoms with Crippen LogP contribution < -0.4 is 10.0 Å². The minimum absolute atomic E-state index is 0.309. The van der Waals surface area contributed by atoms with Gasteiger partial charge < -0.3 is 5.32 Å². The minimum atomic E-state index is -3.43. The van der Waals surface area contributed by atoms with Gasteiger partial charge in [-0.05, 0) is 36.0 Å². The maximum Gasteiger partial charge on any atom is 0.250 e. The van der Waals surface area contributed by atoms with Crippen molar-refractivity contribution in [1.29, 1.82) is 0 Å². The van der Waals surface area contributed by atoms with Crippen LogP contribution in [0.1, 0.15) is 23.6 Å². The van der Waals surface area contributed by atoms with E-state index < -0.39 is 10.0 Å². The topological polar surface area (TPSA) is 58.2 Å². The Bertz CT molecular complexity index is 676. The van der Waals surface area contributed by atoms with Crippen molar-refractivity contribution < 1.29 is 8.42 Å². The summed E-state index contributed by atoms with van der Waals surface area (Å²) in [5.41, 5.74) is 3.11. The number of nitrogens with one attached hydrogen (secondary N) is 2. The molecule has 0 aliphatic heterocycles. The number of sulfonamides is 1. The quantitative estimate of drug-likeness (QED) is 0.823. The molecule has 2 rings (SSSR count). The van der Waals surface area contributed by atoms with Gasteiger partial charge in [0.15, 0.2) is 0 Å². The zero-order valence-corrected chi connectivity index (χ0v) is 13.9. The van der Waals surface area contributed by atoms with Crippen molar-refractivity contribution >= 4 is 21.4 Å². The second kappa shape index (κ2) is 7.17. The van der Waals surface area contributed by atoms with Crippen LogP contribution in [-0.2, 0) is 23.1 Å². The van der Waals surface area contributed by atoms with E-state index in [0.717, 1.165) is 23.2 Å². The van der Waals surface area contributed by atoms with Gasteiger partial charge in [0.25, 0.3) is 0 Å². The lowest BCUT2D eigenvalue weighted by molar-refractivity contribution is 0.583. The molecule has 0 saturated heterocycles. The van der Waals surface area contributed by atoms with Crippen LogP contribution in [-0.4, -0.2) is 15.0 Å². The van der Waals surface area contributed by atoms with E-state index in [1.165, 1.54) is 11.3 Å². The summed E-state index contributed by atoms with van der Waals surface area (Å²) < 4.78 is 27.5. The SMILES string of the molecule is CCNCc1csc(S(=O)(=O)NCc2ccc(C)cc2)c1. The molecule has 1 heterocycles. The number of aryl methyl sites for hydroxylation is 1. The fourth-order valence-corrected chi connectivity index (χ4v) is 4.08. The highest BCUT2D eigenvalue weighted by molar-refractivity contribution is 7.91. The number of hydrogen-bond acceptors (Lipinski definition) is 4. The largest absolute Gasteiger partial charge is 0.313 e. The zero-order valence-electron chi connectivity index (χ0n) is 12.2. The molecule has 2 aromatic rings. The van der Waals surface area contributed by atoms with Crippen LogP contribution in [0.5, 0.6) is 0 Å². The molecular weight excluding hydrogens is 304 g/mol. The summed E-state index contributed by atoms with van der Waals surface area (Å²) in [7, 11) is -3.43. The maximum absolute atomic E-state index is 12.2. The van der Waals surface area contributed by atoms with Crippen molar-refractivity contribution in [3.63, 3.8) is 0 Å². The van der Waals surface area contributed by atoms with Gasteiger partial charge in [0.05, 0.1) is 0 Å². The molecule has 0 bridgehead atoms. The van der Waals surface area contributed by atoms with E-state index in [0.29, 0.717) is 17.3 Å². The van der Waals surface area contributed by atoms with Crippen molar-refractivity contribution in [1.82, 2.24) is 10.0 Å². The normalized spacial score (nSPS) is 11.7. The Morgan fingerprint density at radius 2 is 1.81 bits per heavy atom. The van der Waals surface area contributed by atoms with Crippen LogP contribution >= 0.6 is 11.3 Å². The Labute approximate surface area is 130 Å². The Kier molecular flexibility index (Phi) is 5.52. The van der Waals surface area contributed by atoms with Crippen LogP contribution in [0.2, 0.25) is 0 Å². The van der Waals surface area contributed by atoms with Crippen LogP contribution in [0.4, 0.5) is 0 Å². The van der Waals surface area contributed by atoms with Crippen LogP contribution in [0.15, 0.2) is 39.9 Å². The van der Waals surface area contributed by atoms with Crippen molar-refractivity contribution in [3.05, 3.63) is 52.4 Å². The molecule has 0 aliphatic rings. The average Bonchev–Trinajstić information content (AvgIpc) is 2.94. The van der Waals surface area contributed by atoms with E-state index in [4.69, 9.17) is 0 Å². The van der Waals surface area contributed by atoms with E-state index in [2.05, 4.69) is 10.0 Å². The molecule has 0 radical (unpaired) electrons. The number of benzene rings is 1. The lowest BCUT2D eigenvalue weighted by atomic mass is 10.2. The first-order chi connectivity index (χ1) is 10.0. The summed E-state index contributed by atoms with van der Waals surface area (Å²) >= 11 is 1.25. The van der Waals surface area contributed by atoms with Crippen LogP contribution in [0.25, 0.3) is 0 Å². The summed E-state index contributed by atoms with van der Waals surface area (Å²) in [6, 6.07) is 9.54. The molecule has 1 aromatic heterocycles. The molecule has 0 amide bonds. The van der Waals surface area contributed by atoms with Gasteiger partial charge in [0, 0.05) is 13.1 Å². The van der Waals surface area contributed by atoms with E-state index in [-0.39, 0.29) is 0 Å². The zero-order chi connectivity index (χ0) is 15.3. The Balaban J connectivity index is 2.00. The first kappa shape index (κ1) is 16.2. The lowest BCUT2D eigenvalue weighted by Gasteiger charge is -2.05. The first-order valence-electron chi connectivity index (χ1n) is 6.84. The molecule has 0 unspecified atom stereocenters. The highest BCUT2D eigenvalue weighted by atomic mass is 32.2. The third kappa shape index (κ3) is 4.64. The molecule has 0 atom stereocenters. The predicted molar refractivity (Wildman–Crippen MR) is 86.9 cm³/mol. The Morgan fingerprint density at radius 1 is 1.10 bits per heavy atom. The lowest BCUT2D eigenvalue weighted by Crippen LogP contribution is -2.22. The third-order valence-electron chi connectivity index (χ3n) is 3.06. The molecule has 0 fully saturated rings. The molecule has 1 aromatic carbocycles. The fourth-order valence-electron chi connectivity index (χ4n) is 1.81. The highest BCUT2D eigenvalue weighted by Crippen LogP contribution is 2.20. The van der Waals surface area contributed by atoms with Gasteiger partial charge in [-0.2, -0.15) is 0 Å². The van der Waals surface area contributed by atoms with E-state index in [1.54, 1.807) is 6.07 Å². The first-order valence-corrected chi connectivity index (χ1v) is 9.21. The second-order valence-corrected chi connectivity index (χ2v) is 7.77. The molecule has 2 N–H and O–H groups in total. The molecule has 21 heavy (non-hydrogen) atoms. The van der Waals surface area contributed by atoms with Crippen molar-refractivity contribution in [2.24, 2.45) is 0 Å². The number of hydrogen-bond donors (Lipinski definition) is 2. The molecule has 0 spiro atoms. The summed E-state index contributed by atoms with van der Waals surface area (Å²) in [5.74, 6) is 0. The van der Waals surface area contributed by atoms with Gasteiger partial charge >= 0.3 is 0 Å². The molecule has 0 aliphatic carbocycles. The standard InChI is InChI=1S/C15H20N2O2S2/c1-3-16-9-14-8-15(20-11-14)21(18,19)17-10-13-6-4-12(2)5-7-13/h4-8,11,16-17H,3,9-10H2,1-2H3. The van der Waals surface area contributed by atoms with E-state index in [9.17, 15) is 8.42 Å². The van der Waals surface area contributed by atoms with Gasteiger partial charge in [-0.15, -0.1) is 11.3 Å². The van der Waals surface area contributed by atoms with E-state index in [1.807, 2.05) is 43.5 Å². The molecule has 114 valence electrons. The van der Waals surface area contributed by atoms with Gasteiger partial charge in [-0.25, -0.2) is 13.1 Å². The maximum atomic E-state index is 12.2. The smallest absolute Gasteiger partial charge is 0.250 e. The van der Waals surface area contributed by atoms with Gasteiger partial charge in [0.2, 0.25) is 10.0 Å². The average molecular weight is 324 g/mol. The fraction of sp³-hybridized carbons (Fsp3) is 0.333. The summed E-state index contributed by atoms with van der Waals surface area (Å²) in [4.78, 5) is 0. The number of thiophene rings is 1. The molecule has 4 nitrogen and oxygen atoms in total. The van der Waals surface area contributed by atoms with Crippen molar-refractivity contribution in [3.8, 4) is 0 Å². The Morgan fingerprint density at radius 3 is 2.48 bits per heavy atom. The Hall–Kier alpha value is -1.21. The van der Waals surface area contributed by atoms with Gasteiger partial charge in [-0.3, -0.25) is 0 Å². The van der Waals surface area contributed by atoms with Crippen molar-refractivity contribution in [2.75, 3.05) is 6.54 Å². The molecule has 6 heteroatoms. The minimum Gasteiger partial charge on any atom is -0.313 e. The predicted octanol–water partition coefficient (Wildman–Crippen LogP) is 2.64. The van der Waals surface area contributed by atoms with Crippen LogP contribution in [0.3, 0.4) is 0 Å². The molecular formula is C15H20N2O2S2. The number of rotatable bonds is 7. The summed E-state index contributed by atoms with van der Waals surface area (Å²) in [5, 5.41) is 5.06. The third-order valence-corrected chi connectivity index (χ3v) is 5.95. The monoisotopic (exact) mass is 324 g/mol.